The second-order valence-corrected chi connectivity index (χ2v) is 5.59. The molecule has 3 heteroatoms. The molecule has 2 atom stereocenters. The van der Waals surface area contributed by atoms with Gasteiger partial charge in [0.25, 0.3) is 0 Å². The summed E-state index contributed by atoms with van der Waals surface area (Å²) in [6, 6.07) is 17.1. The van der Waals surface area contributed by atoms with Crippen LogP contribution in [0.5, 0.6) is 0 Å². The van der Waals surface area contributed by atoms with Crippen LogP contribution in [0.15, 0.2) is 54.6 Å². The number of ketones is 1. The van der Waals surface area contributed by atoms with Crippen molar-refractivity contribution >= 4 is 5.78 Å². The molecule has 0 aliphatic carbocycles. The molecule has 2 aromatic carbocycles. The smallest absolute Gasteiger partial charge is 0.164 e. The number of aliphatic hydroxyl groups is 1. The number of benzene rings is 2. The fourth-order valence-corrected chi connectivity index (χ4v) is 2.48. The van der Waals surface area contributed by atoms with Crippen molar-refractivity contribution in [3.63, 3.8) is 0 Å². The van der Waals surface area contributed by atoms with Crippen molar-refractivity contribution in [3.05, 3.63) is 71.3 Å². The summed E-state index contributed by atoms with van der Waals surface area (Å²) in [5.41, 5.74) is 2.66. The number of hydrogen-bond donors (Lipinski definition) is 2. The highest BCUT2D eigenvalue weighted by molar-refractivity contribution is 5.97. The molecule has 0 saturated heterocycles. The number of carbonyl (C=O) groups excluding carboxylic acids is 1. The van der Waals surface area contributed by atoms with E-state index < -0.39 is 6.10 Å². The lowest BCUT2D eigenvalue weighted by Crippen LogP contribution is -2.33. The Morgan fingerprint density at radius 3 is 2.41 bits per heavy atom. The van der Waals surface area contributed by atoms with Gasteiger partial charge in [-0.3, -0.25) is 4.79 Å². The average Bonchev–Trinajstić information content (AvgIpc) is 2.55. The molecule has 0 aliphatic rings. The van der Waals surface area contributed by atoms with Crippen molar-refractivity contribution in [2.75, 3.05) is 6.54 Å². The third-order valence-corrected chi connectivity index (χ3v) is 3.88. The van der Waals surface area contributed by atoms with Crippen molar-refractivity contribution in [1.82, 2.24) is 5.32 Å². The molecule has 0 radical (unpaired) electrons. The van der Waals surface area contributed by atoms with E-state index in [1.807, 2.05) is 68.4 Å². The first-order valence-electron chi connectivity index (χ1n) is 7.65. The maximum atomic E-state index is 12.2. The van der Waals surface area contributed by atoms with Gasteiger partial charge in [-0.1, -0.05) is 54.6 Å². The fraction of sp³-hybridized carbons (Fsp3) is 0.316. The molecule has 2 aromatic rings. The van der Waals surface area contributed by atoms with Gasteiger partial charge in [0.1, 0.15) is 0 Å². The number of hydrogen-bond acceptors (Lipinski definition) is 3. The highest BCUT2D eigenvalue weighted by Gasteiger charge is 2.16. The Hall–Kier alpha value is -1.97. The molecule has 2 rings (SSSR count). The lowest BCUT2D eigenvalue weighted by atomic mass is 10.0. The highest BCUT2D eigenvalue weighted by atomic mass is 16.3. The standard InChI is InChI=1S/C19H23NO2/c1-14-8-6-7-11-17(14)18(21)12-13-20-15(2)19(22)16-9-4-3-5-10-16/h3-11,15,19-20,22H,12-13H2,1-2H3. The number of aliphatic hydroxyl groups excluding tert-OH is 1. The topological polar surface area (TPSA) is 49.3 Å². The molecule has 3 nitrogen and oxygen atoms in total. The van der Waals surface area contributed by atoms with E-state index in [9.17, 15) is 9.90 Å². The number of carbonyl (C=O) groups is 1. The zero-order valence-corrected chi connectivity index (χ0v) is 13.1. The lowest BCUT2D eigenvalue weighted by molar-refractivity contribution is 0.0971. The summed E-state index contributed by atoms with van der Waals surface area (Å²) >= 11 is 0. The lowest BCUT2D eigenvalue weighted by Gasteiger charge is -2.20. The largest absolute Gasteiger partial charge is 0.387 e. The molecular weight excluding hydrogens is 274 g/mol. The van der Waals surface area contributed by atoms with Crippen molar-refractivity contribution in [2.24, 2.45) is 0 Å². The van der Waals surface area contributed by atoms with Crippen LogP contribution in [-0.4, -0.2) is 23.5 Å². The average molecular weight is 297 g/mol. The Morgan fingerprint density at radius 2 is 1.73 bits per heavy atom. The summed E-state index contributed by atoms with van der Waals surface area (Å²) in [4.78, 5) is 12.2. The maximum Gasteiger partial charge on any atom is 0.164 e. The fourth-order valence-electron chi connectivity index (χ4n) is 2.48. The second-order valence-electron chi connectivity index (χ2n) is 5.59. The second kappa shape index (κ2) is 7.87. The Kier molecular flexibility index (Phi) is 5.87. The van der Waals surface area contributed by atoms with Gasteiger partial charge in [-0.05, 0) is 25.0 Å². The predicted octanol–water partition coefficient (Wildman–Crippen LogP) is 3.28. The van der Waals surface area contributed by atoms with Gasteiger partial charge in [0.05, 0.1) is 6.10 Å². The quantitative estimate of drug-likeness (QED) is 0.771. The zero-order valence-electron chi connectivity index (χ0n) is 13.1. The van der Waals surface area contributed by atoms with Gasteiger partial charge in [0.15, 0.2) is 5.78 Å². The molecule has 0 saturated carbocycles. The predicted molar refractivity (Wildman–Crippen MR) is 89.0 cm³/mol. The number of aryl methyl sites for hydroxylation is 1. The molecule has 0 amide bonds. The summed E-state index contributed by atoms with van der Waals surface area (Å²) in [7, 11) is 0. The first-order valence-corrected chi connectivity index (χ1v) is 7.65. The van der Waals surface area contributed by atoms with Crippen LogP contribution in [-0.2, 0) is 0 Å². The van der Waals surface area contributed by atoms with Crippen LogP contribution in [0.2, 0.25) is 0 Å². The van der Waals surface area contributed by atoms with Crippen molar-refractivity contribution in [1.29, 1.82) is 0 Å². The Labute approximate surface area is 132 Å². The van der Waals surface area contributed by atoms with Crippen LogP contribution in [0.25, 0.3) is 0 Å². The van der Waals surface area contributed by atoms with E-state index in [0.29, 0.717) is 13.0 Å². The van der Waals surface area contributed by atoms with Crippen molar-refractivity contribution < 1.29 is 9.90 Å². The molecule has 0 bridgehead atoms. The monoisotopic (exact) mass is 297 g/mol. The molecule has 22 heavy (non-hydrogen) atoms. The minimum absolute atomic E-state index is 0.105. The summed E-state index contributed by atoms with van der Waals surface area (Å²) in [6.45, 7) is 4.43. The summed E-state index contributed by atoms with van der Waals surface area (Å²) in [5.74, 6) is 0.131. The molecular formula is C19H23NO2. The van der Waals surface area contributed by atoms with Gasteiger partial charge >= 0.3 is 0 Å². The molecule has 0 aliphatic heterocycles. The van der Waals surface area contributed by atoms with E-state index in [0.717, 1.165) is 16.7 Å². The molecule has 0 spiro atoms. The van der Waals surface area contributed by atoms with Crippen molar-refractivity contribution in [2.45, 2.75) is 32.4 Å². The minimum atomic E-state index is -0.574. The summed E-state index contributed by atoms with van der Waals surface area (Å²) < 4.78 is 0. The molecule has 116 valence electrons. The normalized spacial score (nSPS) is 13.6. The highest BCUT2D eigenvalue weighted by Crippen LogP contribution is 2.16. The number of Topliss-reactive ketones (excluding diaryl/α,β-unsaturated/α-hetero) is 1. The van der Waals surface area contributed by atoms with Gasteiger partial charge in [-0.15, -0.1) is 0 Å². The molecule has 0 fully saturated rings. The molecule has 0 aromatic heterocycles. The van der Waals surface area contributed by atoms with E-state index >= 15 is 0 Å². The molecule has 2 unspecified atom stereocenters. The van der Waals surface area contributed by atoms with Crippen molar-refractivity contribution in [3.8, 4) is 0 Å². The van der Waals surface area contributed by atoms with E-state index in [1.165, 1.54) is 0 Å². The van der Waals surface area contributed by atoms with E-state index in [1.54, 1.807) is 0 Å². The number of nitrogens with one attached hydrogen (secondary N) is 1. The Balaban J connectivity index is 1.83. The Morgan fingerprint density at radius 1 is 1.09 bits per heavy atom. The third kappa shape index (κ3) is 4.26. The molecule has 0 heterocycles. The van der Waals surface area contributed by atoms with Crippen LogP contribution >= 0.6 is 0 Å². The first kappa shape index (κ1) is 16.4. The summed E-state index contributed by atoms with van der Waals surface area (Å²) in [6.07, 6.45) is -0.147. The summed E-state index contributed by atoms with van der Waals surface area (Å²) in [5, 5.41) is 13.5. The van der Waals surface area contributed by atoms with Gasteiger partial charge in [0, 0.05) is 24.6 Å². The van der Waals surface area contributed by atoms with Crippen LogP contribution in [0.4, 0.5) is 0 Å². The van der Waals surface area contributed by atoms with Crippen LogP contribution < -0.4 is 5.32 Å². The van der Waals surface area contributed by atoms with Gasteiger partial charge in [-0.2, -0.15) is 0 Å². The van der Waals surface area contributed by atoms with E-state index in [4.69, 9.17) is 0 Å². The minimum Gasteiger partial charge on any atom is -0.387 e. The SMILES string of the molecule is Cc1ccccc1C(=O)CCNC(C)C(O)c1ccccc1. The van der Waals surface area contributed by atoms with Gasteiger partial charge in [0.2, 0.25) is 0 Å². The zero-order chi connectivity index (χ0) is 15.9. The van der Waals surface area contributed by atoms with Crippen LogP contribution in [0.3, 0.4) is 0 Å². The number of rotatable bonds is 7. The van der Waals surface area contributed by atoms with Crippen LogP contribution in [0.1, 0.15) is 40.9 Å². The molecule has 2 N–H and O–H groups in total. The third-order valence-electron chi connectivity index (χ3n) is 3.88. The van der Waals surface area contributed by atoms with Crippen LogP contribution in [0, 0.1) is 6.92 Å². The Bertz CT molecular complexity index is 610. The maximum absolute atomic E-state index is 12.2. The van der Waals surface area contributed by atoms with Gasteiger partial charge < -0.3 is 10.4 Å². The van der Waals surface area contributed by atoms with E-state index in [-0.39, 0.29) is 11.8 Å². The first-order chi connectivity index (χ1) is 10.6. The van der Waals surface area contributed by atoms with Gasteiger partial charge in [-0.25, -0.2) is 0 Å². The van der Waals surface area contributed by atoms with E-state index in [2.05, 4.69) is 5.32 Å².